The first-order valence-corrected chi connectivity index (χ1v) is 11.5. The number of carbonyl (C=O) groups excluding carboxylic acids is 2. The molecule has 3 aromatic rings. The fourth-order valence-electron chi connectivity index (χ4n) is 3.45. The second-order valence-electron chi connectivity index (χ2n) is 7.31. The van der Waals surface area contributed by atoms with Gasteiger partial charge in [-0.25, -0.2) is 13.2 Å². The number of carbonyl (C=O) groups is 2. The number of benzene rings is 2. The van der Waals surface area contributed by atoms with E-state index in [-0.39, 0.29) is 17.0 Å². The van der Waals surface area contributed by atoms with Gasteiger partial charge in [0.1, 0.15) is 5.76 Å². The summed E-state index contributed by atoms with van der Waals surface area (Å²) in [7, 11) is -3.69. The smallest absolute Gasteiger partial charge is 0.338 e. The Hall–Kier alpha value is -3.43. The zero-order chi connectivity index (χ0) is 22.6. The first kappa shape index (κ1) is 21.8. The average molecular weight is 455 g/mol. The van der Waals surface area contributed by atoms with Crippen molar-refractivity contribution in [2.75, 3.05) is 13.2 Å². The fraction of sp³-hybridized carbons (Fsp3) is 0.217. The molecule has 0 fully saturated rings. The predicted octanol–water partition coefficient (Wildman–Crippen LogP) is 2.50. The first-order chi connectivity index (χ1) is 15.4. The third kappa shape index (κ3) is 4.90. The molecular formula is C23H22N2O6S. The lowest BCUT2D eigenvalue weighted by molar-refractivity contribution is -0.124. The number of nitrogens with zero attached hydrogens (tertiary/aromatic N) is 1. The Bertz CT molecular complexity index is 1200. The van der Waals surface area contributed by atoms with E-state index < -0.39 is 28.5 Å². The summed E-state index contributed by atoms with van der Waals surface area (Å²) in [5.74, 6) is -0.605. The van der Waals surface area contributed by atoms with Crippen molar-refractivity contribution in [3.63, 3.8) is 0 Å². The molecule has 0 bridgehead atoms. The van der Waals surface area contributed by atoms with Crippen LogP contribution in [0.2, 0.25) is 0 Å². The summed E-state index contributed by atoms with van der Waals surface area (Å²) in [5.41, 5.74) is 2.31. The number of rotatable bonds is 7. The van der Waals surface area contributed by atoms with Gasteiger partial charge >= 0.3 is 5.97 Å². The van der Waals surface area contributed by atoms with E-state index >= 15 is 0 Å². The molecule has 166 valence electrons. The van der Waals surface area contributed by atoms with Crippen molar-refractivity contribution < 1.29 is 27.2 Å². The molecule has 0 aliphatic carbocycles. The van der Waals surface area contributed by atoms with Crippen LogP contribution in [0.3, 0.4) is 0 Å². The van der Waals surface area contributed by atoms with Gasteiger partial charge in [-0.2, -0.15) is 4.31 Å². The normalized spacial score (nSPS) is 13.9. The number of nitrogens with one attached hydrogen (secondary N) is 1. The van der Waals surface area contributed by atoms with E-state index in [1.165, 1.54) is 34.8 Å². The Balaban J connectivity index is 1.34. The molecule has 0 unspecified atom stereocenters. The molecule has 0 saturated carbocycles. The highest BCUT2D eigenvalue weighted by Gasteiger charge is 2.28. The molecular weight excluding hydrogens is 432 g/mol. The third-order valence-corrected chi connectivity index (χ3v) is 7.06. The molecule has 1 aliphatic heterocycles. The van der Waals surface area contributed by atoms with Gasteiger partial charge in [-0.1, -0.05) is 24.3 Å². The largest absolute Gasteiger partial charge is 0.467 e. The highest BCUT2D eigenvalue weighted by atomic mass is 32.2. The molecule has 4 rings (SSSR count). The number of amides is 1. The van der Waals surface area contributed by atoms with Crippen LogP contribution in [0, 0.1) is 0 Å². The SMILES string of the molecule is O=C(COC(=O)c1ccc(S(=O)(=O)N2CCc3ccccc3C2)cc1)NCc1ccco1. The third-order valence-electron chi connectivity index (χ3n) is 5.20. The monoisotopic (exact) mass is 454 g/mol. The summed E-state index contributed by atoms with van der Waals surface area (Å²) >= 11 is 0. The van der Waals surface area contributed by atoms with Crippen molar-refractivity contribution in [2.24, 2.45) is 0 Å². The molecule has 32 heavy (non-hydrogen) atoms. The zero-order valence-corrected chi connectivity index (χ0v) is 18.0. The van der Waals surface area contributed by atoms with Crippen LogP contribution in [-0.2, 0) is 39.1 Å². The number of fused-ring (bicyclic) bond motifs is 1. The maximum absolute atomic E-state index is 13.0. The van der Waals surface area contributed by atoms with E-state index in [1.54, 1.807) is 12.1 Å². The van der Waals surface area contributed by atoms with Crippen molar-refractivity contribution >= 4 is 21.9 Å². The standard InChI is InChI=1S/C23H22N2O6S/c26-22(24-14-20-6-3-13-30-20)16-31-23(27)18-7-9-21(10-8-18)32(28,29)25-12-11-17-4-1-2-5-19(17)15-25/h1-10,13H,11-12,14-16H2,(H,24,26). The van der Waals surface area contributed by atoms with E-state index in [0.717, 1.165) is 11.1 Å². The van der Waals surface area contributed by atoms with E-state index in [0.29, 0.717) is 25.3 Å². The number of hydrogen-bond donors (Lipinski definition) is 1. The Labute approximate surface area is 185 Å². The highest BCUT2D eigenvalue weighted by molar-refractivity contribution is 7.89. The van der Waals surface area contributed by atoms with Crippen LogP contribution in [-0.4, -0.2) is 37.8 Å². The number of sulfonamides is 1. The summed E-state index contributed by atoms with van der Waals surface area (Å²) in [6.45, 7) is 0.454. The lowest BCUT2D eigenvalue weighted by Gasteiger charge is -2.28. The summed E-state index contributed by atoms with van der Waals surface area (Å²) in [4.78, 5) is 24.1. The van der Waals surface area contributed by atoms with Crippen LogP contribution < -0.4 is 5.32 Å². The van der Waals surface area contributed by atoms with E-state index in [2.05, 4.69) is 5.32 Å². The van der Waals surface area contributed by atoms with Crippen LogP contribution in [0.5, 0.6) is 0 Å². The van der Waals surface area contributed by atoms with Crippen molar-refractivity contribution in [1.29, 1.82) is 0 Å². The van der Waals surface area contributed by atoms with E-state index in [4.69, 9.17) is 9.15 Å². The fourth-order valence-corrected chi connectivity index (χ4v) is 4.87. The number of ether oxygens (including phenoxy) is 1. The van der Waals surface area contributed by atoms with E-state index in [1.807, 2.05) is 24.3 Å². The minimum Gasteiger partial charge on any atom is -0.467 e. The Kier molecular flexibility index (Phi) is 6.38. The predicted molar refractivity (Wildman–Crippen MR) is 115 cm³/mol. The maximum atomic E-state index is 13.0. The van der Waals surface area contributed by atoms with Gasteiger partial charge in [0.25, 0.3) is 5.91 Å². The van der Waals surface area contributed by atoms with Crippen molar-refractivity contribution in [3.8, 4) is 0 Å². The highest BCUT2D eigenvalue weighted by Crippen LogP contribution is 2.25. The molecule has 1 aromatic heterocycles. The Morgan fingerprint density at radius 2 is 1.75 bits per heavy atom. The molecule has 0 saturated heterocycles. The molecule has 2 heterocycles. The lowest BCUT2D eigenvalue weighted by atomic mass is 10.0. The van der Waals surface area contributed by atoms with Crippen molar-refractivity contribution in [3.05, 3.63) is 89.4 Å². The first-order valence-electron chi connectivity index (χ1n) is 10.1. The zero-order valence-electron chi connectivity index (χ0n) is 17.2. The van der Waals surface area contributed by atoms with Crippen molar-refractivity contribution in [2.45, 2.75) is 24.4 Å². The minimum absolute atomic E-state index is 0.102. The van der Waals surface area contributed by atoms with Crippen LogP contribution in [0.4, 0.5) is 0 Å². The van der Waals surface area contributed by atoms with E-state index in [9.17, 15) is 18.0 Å². The molecule has 0 atom stereocenters. The van der Waals surface area contributed by atoms with Crippen LogP contribution >= 0.6 is 0 Å². The van der Waals surface area contributed by atoms with Gasteiger partial charge in [-0.3, -0.25) is 4.79 Å². The summed E-state index contributed by atoms with van der Waals surface area (Å²) in [6.07, 6.45) is 2.15. The molecule has 9 heteroatoms. The molecule has 8 nitrogen and oxygen atoms in total. The molecule has 1 aliphatic rings. The summed E-state index contributed by atoms with van der Waals surface area (Å²) in [6, 6.07) is 16.7. The molecule has 2 aromatic carbocycles. The summed E-state index contributed by atoms with van der Waals surface area (Å²) < 4.78 is 37.6. The Morgan fingerprint density at radius 1 is 1.00 bits per heavy atom. The molecule has 1 amide bonds. The van der Waals surface area contributed by atoms with Crippen LogP contribution in [0.1, 0.15) is 27.2 Å². The maximum Gasteiger partial charge on any atom is 0.338 e. The average Bonchev–Trinajstić information content (AvgIpc) is 3.34. The minimum atomic E-state index is -3.69. The van der Waals surface area contributed by atoms with Gasteiger partial charge in [0.2, 0.25) is 10.0 Å². The second-order valence-corrected chi connectivity index (χ2v) is 9.25. The Morgan fingerprint density at radius 3 is 2.47 bits per heavy atom. The number of hydrogen-bond acceptors (Lipinski definition) is 6. The quantitative estimate of drug-likeness (QED) is 0.550. The van der Waals surface area contributed by atoms with Gasteiger partial charge < -0.3 is 14.5 Å². The van der Waals surface area contributed by atoms with Crippen LogP contribution in [0.15, 0.2) is 76.2 Å². The van der Waals surface area contributed by atoms with Gasteiger partial charge in [0, 0.05) is 13.1 Å². The summed E-state index contributed by atoms with van der Waals surface area (Å²) in [5, 5.41) is 2.57. The second kappa shape index (κ2) is 9.37. The molecule has 1 N–H and O–H groups in total. The van der Waals surface area contributed by atoms with Crippen LogP contribution in [0.25, 0.3) is 0 Å². The van der Waals surface area contributed by atoms with Gasteiger partial charge in [-0.15, -0.1) is 0 Å². The number of furan rings is 1. The van der Waals surface area contributed by atoms with Gasteiger partial charge in [0.15, 0.2) is 6.61 Å². The molecule has 0 radical (unpaired) electrons. The van der Waals surface area contributed by atoms with Crippen molar-refractivity contribution in [1.82, 2.24) is 9.62 Å². The number of esters is 1. The van der Waals surface area contributed by atoms with Gasteiger partial charge in [0.05, 0.1) is 23.3 Å². The lowest BCUT2D eigenvalue weighted by Crippen LogP contribution is -2.35. The topological polar surface area (TPSA) is 106 Å². The molecule has 0 spiro atoms. The van der Waals surface area contributed by atoms with Gasteiger partial charge in [-0.05, 0) is 53.9 Å².